The number of hydrogen-bond donors (Lipinski definition) is 4. The highest BCUT2D eigenvalue weighted by atomic mass is 35.5. The second-order valence-electron chi connectivity index (χ2n) is 10.1. The number of benzene rings is 2. The van der Waals surface area contributed by atoms with Crippen molar-refractivity contribution in [3.63, 3.8) is 0 Å². The largest absolute Gasteiger partial charge is 0.573 e. The number of halogens is 4. The number of nitrogens with zero attached hydrogens (tertiary/aromatic N) is 2. The minimum absolute atomic E-state index is 0.0407. The third kappa shape index (κ3) is 5.89. The van der Waals surface area contributed by atoms with Crippen LogP contribution in [0.3, 0.4) is 0 Å². The van der Waals surface area contributed by atoms with E-state index in [0.29, 0.717) is 6.54 Å². The molecule has 4 N–H and O–H groups in total. The summed E-state index contributed by atoms with van der Waals surface area (Å²) in [6.07, 6.45) is -1.84. The molecule has 0 aliphatic carbocycles. The van der Waals surface area contributed by atoms with Gasteiger partial charge in [-0.3, -0.25) is 4.79 Å². The molecule has 2 aromatic carbocycles. The fraction of sp³-hybridized carbons (Fsp3) is 0.370. The summed E-state index contributed by atoms with van der Waals surface area (Å²) in [5.74, 6) is 0.0317. The van der Waals surface area contributed by atoms with Crippen LogP contribution < -0.4 is 26.0 Å². The molecule has 206 valence electrons. The highest BCUT2D eigenvalue weighted by Gasteiger charge is 2.40. The molecule has 0 spiro atoms. The Morgan fingerprint density at radius 2 is 1.95 bits per heavy atom. The molecule has 3 aromatic rings. The van der Waals surface area contributed by atoms with E-state index in [4.69, 9.17) is 11.6 Å². The zero-order valence-corrected chi connectivity index (χ0v) is 22.1. The summed E-state index contributed by atoms with van der Waals surface area (Å²) in [5.41, 5.74) is 2.68. The van der Waals surface area contributed by atoms with E-state index in [0.717, 1.165) is 48.3 Å². The van der Waals surface area contributed by atoms with E-state index >= 15 is 0 Å². The number of amides is 1. The third-order valence-electron chi connectivity index (χ3n) is 7.07. The van der Waals surface area contributed by atoms with E-state index in [9.17, 15) is 18.0 Å². The average Bonchev–Trinajstić information content (AvgIpc) is 3.13. The topological polar surface area (TPSA) is 100 Å². The van der Waals surface area contributed by atoms with Crippen LogP contribution in [-0.4, -0.2) is 35.3 Å². The predicted molar refractivity (Wildman–Crippen MR) is 144 cm³/mol. The van der Waals surface area contributed by atoms with Crippen LogP contribution in [0.4, 0.5) is 36.3 Å². The van der Waals surface area contributed by atoms with Gasteiger partial charge in [-0.1, -0.05) is 29.8 Å². The summed E-state index contributed by atoms with van der Waals surface area (Å²) in [5, 5.41) is 12.4. The van der Waals surface area contributed by atoms with Gasteiger partial charge in [0.15, 0.2) is 11.6 Å². The molecule has 1 amide bonds. The first-order chi connectivity index (χ1) is 18.5. The van der Waals surface area contributed by atoms with Crippen LogP contribution in [0.1, 0.15) is 49.3 Å². The maximum absolute atomic E-state index is 13.2. The smallest absolute Gasteiger partial charge is 0.404 e. The minimum Gasteiger partial charge on any atom is -0.404 e. The Kier molecular flexibility index (Phi) is 7.30. The predicted octanol–water partition coefficient (Wildman–Crippen LogP) is 6.08. The molecule has 1 fully saturated rings. The normalized spacial score (nSPS) is 16.9. The van der Waals surface area contributed by atoms with Crippen molar-refractivity contribution in [2.24, 2.45) is 0 Å². The third-order valence-corrected chi connectivity index (χ3v) is 7.35. The first-order valence-electron chi connectivity index (χ1n) is 12.6. The van der Waals surface area contributed by atoms with Crippen molar-refractivity contribution in [2.45, 2.75) is 50.9 Å². The van der Waals surface area contributed by atoms with Crippen LogP contribution in [0.5, 0.6) is 5.75 Å². The summed E-state index contributed by atoms with van der Waals surface area (Å²) in [6, 6.07) is 10.4. The summed E-state index contributed by atoms with van der Waals surface area (Å²) >= 11 is 6.33. The lowest BCUT2D eigenvalue weighted by atomic mass is 9.83. The first kappa shape index (κ1) is 27.0. The number of nitrogens with one attached hydrogen (secondary N) is 4. The maximum Gasteiger partial charge on any atom is 0.573 e. The number of fused-ring (bicyclic) bond motifs is 1. The highest BCUT2D eigenvalue weighted by molar-refractivity contribution is 6.32. The van der Waals surface area contributed by atoms with Gasteiger partial charge in [0.25, 0.3) is 0 Å². The monoisotopic (exact) mass is 560 g/mol. The SMILES string of the molecule is CC1(C)C(=O)Nc2cccc(CNc3nc(Nc4ccc(C5CCNCC5)cc4OC(F)(F)F)ncc3Cl)c21. The van der Waals surface area contributed by atoms with E-state index in [2.05, 4.69) is 36.0 Å². The van der Waals surface area contributed by atoms with Crippen LogP contribution in [0.25, 0.3) is 0 Å². The average molecular weight is 561 g/mol. The summed E-state index contributed by atoms with van der Waals surface area (Å²) < 4.78 is 44.1. The number of rotatable bonds is 7. The fourth-order valence-corrected chi connectivity index (χ4v) is 5.25. The molecule has 2 aliphatic heterocycles. The number of carbonyl (C=O) groups is 1. The molecule has 39 heavy (non-hydrogen) atoms. The number of anilines is 4. The molecule has 0 atom stereocenters. The lowest BCUT2D eigenvalue weighted by molar-refractivity contribution is -0.274. The quantitative estimate of drug-likeness (QED) is 0.278. The van der Waals surface area contributed by atoms with Gasteiger partial charge in [0.1, 0.15) is 5.02 Å². The minimum atomic E-state index is -4.86. The zero-order chi connectivity index (χ0) is 27.8. The fourth-order valence-electron chi connectivity index (χ4n) is 5.09. The van der Waals surface area contributed by atoms with Gasteiger partial charge in [-0.05, 0) is 80.6 Å². The Labute approximate surface area is 228 Å². The van der Waals surface area contributed by atoms with Crippen molar-refractivity contribution in [2.75, 3.05) is 29.0 Å². The molecule has 0 bridgehead atoms. The molecule has 0 saturated carbocycles. The van der Waals surface area contributed by atoms with Gasteiger partial charge in [0.05, 0.1) is 17.3 Å². The Morgan fingerprint density at radius 3 is 2.69 bits per heavy atom. The molecule has 8 nitrogen and oxygen atoms in total. The van der Waals surface area contributed by atoms with E-state index in [1.165, 1.54) is 12.3 Å². The van der Waals surface area contributed by atoms with E-state index in [-0.39, 0.29) is 40.1 Å². The van der Waals surface area contributed by atoms with Crippen LogP contribution in [0.15, 0.2) is 42.6 Å². The van der Waals surface area contributed by atoms with Crippen molar-refractivity contribution < 1.29 is 22.7 Å². The van der Waals surface area contributed by atoms with Gasteiger partial charge in [-0.25, -0.2) is 4.98 Å². The number of alkyl halides is 3. The number of ether oxygens (including phenoxy) is 1. The van der Waals surface area contributed by atoms with Gasteiger partial charge >= 0.3 is 6.36 Å². The molecule has 2 aliphatic rings. The number of carbonyl (C=O) groups excluding carboxylic acids is 1. The standard InChI is InChI=1S/C27H28ClF3N6O2/c1-26(2)22-17(4-3-5-20(22)35-24(26)38)13-33-23-18(28)14-34-25(37-23)36-19-7-6-16(15-8-10-32-11-9-15)12-21(19)39-27(29,30)31/h3-7,12,14-15,32H,8-11,13H2,1-2H3,(H,35,38)(H2,33,34,36,37). The summed E-state index contributed by atoms with van der Waals surface area (Å²) in [4.78, 5) is 20.9. The molecule has 12 heteroatoms. The van der Waals surface area contributed by atoms with Gasteiger partial charge in [-0.2, -0.15) is 4.98 Å². The van der Waals surface area contributed by atoms with Crippen LogP contribution in [0, 0.1) is 0 Å². The van der Waals surface area contributed by atoms with E-state index in [1.54, 1.807) is 12.1 Å². The molecule has 3 heterocycles. The van der Waals surface area contributed by atoms with Gasteiger partial charge in [0.2, 0.25) is 11.9 Å². The summed E-state index contributed by atoms with van der Waals surface area (Å²) in [6.45, 7) is 5.64. The van der Waals surface area contributed by atoms with Gasteiger partial charge < -0.3 is 26.0 Å². The van der Waals surface area contributed by atoms with E-state index < -0.39 is 11.8 Å². The number of aromatic nitrogens is 2. The molecule has 1 saturated heterocycles. The van der Waals surface area contributed by atoms with Gasteiger partial charge in [0, 0.05) is 12.2 Å². The van der Waals surface area contributed by atoms with Crippen molar-refractivity contribution in [1.29, 1.82) is 0 Å². The van der Waals surface area contributed by atoms with Crippen LogP contribution in [-0.2, 0) is 16.8 Å². The Hall–Kier alpha value is -3.57. The Morgan fingerprint density at radius 1 is 1.18 bits per heavy atom. The maximum atomic E-state index is 13.2. The molecular formula is C27H28ClF3N6O2. The van der Waals surface area contributed by atoms with Crippen molar-refractivity contribution in [3.8, 4) is 5.75 Å². The Balaban J connectivity index is 1.37. The number of hydrogen-bond acceptors (Lipinski definition) is 7. The number of piperidine rings is 1. The van der Waals surface area contributed by atoms with Crippen molar-refractivity contribution in [1.82, 2.24) is 15.3 Å². The lowest BCUT2D eigenvalue weighted by Gasteiger charge is -2.24. The molecular weight excluding hydrogens is 533 g/mol. The first-order valence-corrected chi connectivity index (χ1v) is 13.0. The van der Waals surface area contributed by atoms with Crippen LogP contribution >= 0.6 is 11.6 Å². The Bertz CT molecular complexity index is 1390. The highest BCUT2D eigenvalue weighted by Crippen LogP contribution is 2.40. The molecule has 0 radical (unpaired) electrons. The molecule has 5 rings (SSSR count). The van der Waals surface area contributed by atoms with Crippen LogP contribution in [0.2, 0.25) is 5.02 Å². The van der Waals surface area contributed by atoms with Gasteiger partial charge in [-0.15, -0.1) is 13.2 Å². The summed E-state index contributed by atoms with van der Waals surface area (Å²) in [7, 11) is 0. The lowest BCUT2D eigenvalue weighted by Crippen LogP contribution is -2.28. The van der Waals surface area contributed by atoms with E-state index in [1.807, 2.05) is 32.0 Å². The molecule has 0 unspecified atom stereocenters. The van der Waals surface area contributed by atoms with Crippen molar-refractivity contribution >= 4 is 40.6 Å². The second-order valence-corrected chi connectivity index (χ2v) is 10.5. The molecule has 1 aromatic heterocycles. The second kappa shape index (κ2) is 10.5. The zero-order valence-electron chi connectivity index (χ0n) is 21.4. The van der Waals surface area contributed by atoms with Crippen molar-refractivity contribution in [3.05, 3.63) is 64.3 Å².